The third-order valence-electron chi connectivity index (χ3n) is 5.14. The lowest BCUT2D eigenvalue weighted by molar-refractivity contribution is -0.145. The van der Waals surface area contributed by atoms with E-state index in [-0.39, 0.29) is 17.7 Å². The van der Waals surface area contributed by atoms with E-state index in [1.165, 1.54) is 5.56 Å². The fourth-order valence-corrected chi connectivity index (χ4v) is 3.85. The van der Waals surface area contributed by atoms with E-state index in [1.54, 1.807) is 0 Å². The second-order valence-corrected chi connectivity index (χ2v) is 6.58. The first-order valence-corrected chi connectivity index (χ1v) is 8.21. The van der Waals surface area contributed by atoms with Crippen LogP contribution < -0.4 is 0 Å². The summed E-state index contributed by atoms with van der Waals surface area (Å²) in [4.78, 5) is 25.8. The molecule has 1 saturated heterocycles. The Kier molecular flexibility index (Phi) is 4.46. The molecule has 1 heterocycles. The smallest absolute Gasteiger partial charge is 0.306 e. The molecule has 0 radical (unpaired) electrons. The van der Waals surface area contributed by atoms with Gasteiger partial charge >= 0.3 is 5.97 Å². The van der Waals surface area contributed by atoms with Gasteiger partial charge in [-0.05, 0) is 31.2 Å². The molecule has 3 atom stereocenters. The lowest BCUT2D eigenvalue weighted by Gasteiger charge is -2.29. The molecule has 0 bridgehead atoms. The molecule has 1 saturated carbocycles. The Labute approximate surface area is 131 Å². The van der Waals surface area contributed by atoms with Crippen LogP contribution in [0.3, 0.4) is 0 Å². The highest BCUT2D eigenvalue weighted by atomic mass is 16.4. The zero-order valence-corrected chi connectivity index (χ0v) is 12.8. The van der Waals surface area contributed by atoms with Crippen molar-refractivity contribution in [3.8, 4) is 0 Å². The summed E-state index contributed by atoms with van der Waals surface area (Å²) in [7, 11) is 0. The fraction of sp³-hybridized carbons (Fsp3) is 0.556. The van der Waals surface area contributed by atoms with Crippen LogP contribution in [0.15, 0.2) is 30.3 Å². The molecule has 0 aromatic heterocycles. The van der Waals surface area contributed by atoms with Gasteiger partial charge < -0.3 is 10.0 Å². The number of benzene rings is 1. The summed E-state index contributed by atoms with van der Waals surface area (Å²) in [6.07, 6.45) is 3.93. The van der Waals surface area contributed by atoms with Gasteiger partial charge in [-0.1, -0.05) is 36.8 Å². The predicted octanol–water partition coefficient (Wildman–Crippen LogP) is 2.89. The summed E-state index contributed by atoms with van der Waals surface area (Å²) in [5.74, 6) is -0.589. The van der Waals surface area contributed by atoms with Gasteiger partial charge in [-0.2, -0.15) is 0 Å². The molecule has 4 heteroatoms. The number of amides is 1. The van der Waals surface area contributed by atoms with E-state index in [9.17, 15) is 9.59 Å². The Morgan fingerprint density at radius 3 is 2.50 bits per heavy atom. The molecule has 1 aliphatic carbocycles. The zero-order valence-electron chi connectivity index (χ0n) is 12.8. The summed E-state index contributed by atoms with van der Waals surface area (Å²) < 4.78 is 0. The predicted molar refractivity (Wildman–Crippen MR) is 83.5 cm³/mol. The van der Waals surface area contributed by atoms with E-state index in [4.69, 9.17) is 5.11 Å². The summed E-state index contributed by atoms with van der Waals surface area (Å²) in [5.41, 5.74) is 1.30. The molecule has 2 aliphatic rings. The SMILES string of the molecule is O=C(O)[C@@H]1CCC[C@@H](C(=O)N2CC[C@H](c3ccccc3)C2)C1. The van der Waals surface area contributed by atoms with Crippen LogP contribution in [0.5, 0.6) is 0 Å². The van der Waals surface area contributed by atoms with Gasteiger partial charge in [0.2, 0.25) is 5.91 Å². The van der Waals surface area contributed by atoms with Gasteiger partial charge in [0.15, 0.2) is 0 Å². The first kappa shape index (κ1) is 15.1. The number of carboxylic acid groups (broad SMARTS) is 1. The average Bonchev–Trinajstić information content (AvgIpc) is 3.05. The number of nitrogens with zero attached hydrogens (tertiary/aromatic N) is 1. The first-order valence-electron chi connectivity index (χ1n) is 8.21. The number of rotatable bonds is 3. The highest BCUT2D eigenvalue weighted by molar-refractivity contribution is 5.80. The van der Waals surface area contributed by atoms with E-state index in [0.29, 0.717) is 18.8 Å². The van der Waals surface area contributed by atoms with E-state index in [1.807, 2.05) is 23.1 Å². The molecular formula is C18H23NO3. The second-order valence-electron chi connectivity index (χ2n) is 6.58. The fourth-order valence-electron chi connectivity index (χ4n) is 3.85. The summed E-state index contributed by atoms with van der Waals surface area (Å²) in [6, 6.07) is 10.3. The maximum atomic E-state index is 12.7. The molecule has 1 amide bonds. The standard InChI is InChI=1S/C18H23NO3/c20-17(14-7-4-8-15(11-14)18(21)22)19-10-9-16(12-19)13-5-2-1-3-6-13/h1-3,5-6,14-16H,4,7-12H2,(H,21,22)/t14-,15-,16+/m1/s1. The van der Waals surface area contributed by atoms with Crippen LogP contribution in [-0.2, 0) is 9.59 Å². The molecule has 22 heavy (non-hydrogen) atoms. The Morgan fingerprint density at radius 2 is 1.77 bits per heavy atom. The zero-order chi connectivity index (χ0) is 15.5. The molecule has 118 valence electrons. The van der Waals surface area contributed by atoms with Crippen molar-refractivity contribution in [1.82, 2.24) is 4.90 Å². The number of aliphatic carboxylic acids is 1. The van der Waals surface area contributed by atoms with Crippen molar-refractivity contribution in [1.29, 1.82) is 0 Å². The van der Waals surface area contributed by atoms with Gasteiger partial charge in [0.05, 0.1) is 5.92 Å². The number of hydrogen-bond donors (Lipinski definition) is 1. The molecule has 2 fully saturated rings. The molecular weight excluding hydrogens is 278 g/mol. The van der Waals surface area contributed by atoms with Crippen LogP contribution >= 0.6 is 0 Å². The van der Waals surface area contributed by atoms with Gasteiger partial charge in [0, 0.05) is 24.9 Å². The van der Waals surface area contributed by atoms with Gasteiger partial charge in [-0.25, -0.2) is 0 Å². The Balaban J connectivity index is 1.60. The molecule has 0 unspecified atom stereocenters. The highest BCUT2D eigenvalue weighted by Crippen LogP contribution is 2.33. The molecule has 1 aromatic rings. The van der Waals surface area contributed by atoms with Gasteiger partial charge in [-0.3, -0.25) is 9.59 Å². The Morgan fingerprint density at radius 1 is 1.05 bits per heavy atom. The summed E-state index contributed by atoms with van der Waals surface area (Å²) >= 11 is 0. The van der Waals surface area contributed by atoms with Gasteiger partial charge in [0.25, 0.3) is 0 Å². The molecule has 0 spiro atoms. The maximum absolute atomic E-state index is 12.7. The number of carbonyl (C=O) groups is 2. The van der Waals surface area contributed by atoms with Crippen molar-refractivity contribution in [3.63, 3.8) is 0 Å². The number of carbonyl (C=O) groups excluding carboxylic acids is 1. The van der Waals surface area contributed by atoms with Crippen LogP contribution in [0, 0.1) is 11.8 Å². The van der Waals surface area contributed by atoms with Crippen molar-refractivity contribution in [3.05, 3.63) is 35.9 Å². The Hall–Kier alpha value is -1.84. The lowest BCUT2D eigenvalue weighted by Crippen LogP contribution is -2.37. The summed E-state index contributed by atoms with van der Waals surface area (Å²) in [6.45, 7) is 1.57. The van der Waals surface area contributed by atoms with Crippen LogP contribution in [0.2, 0.25) is 0 Å². The second kappa shape index (κ2) is 6.51. The molecule has 4 nitrogen and oxygen atoms in total. The highest BCUT2D eigenvalue weighted by Gasteiger charge is 2.36. The minimum absolute atomic E-state index is 0.0932. The molecule has 1 N–H and O–H groups in total. The number of hydrogen-bond acceptors (Lipinski definition) is 2. The van der Waals surface area contributed by atoms with E-state index in [0.717, 1.165) is 32.4 Å². The average molecular weight is 301 g/mol. The number of likely N-dealkylation sites (tertiary alicyclic amines) is 1. The molecule has 1 aliphatic heterocycles. The third-order valence-corrected chi connectivity index (χ3v) is 5.14. The molecule has 3 rings (SSSR count). The minimum Gasteiger partial charge on any atom is -0.481 e. The van der Waals surface area contributed by atoms with Crippen molar-refractivity contribution >= 4 is 11.9 Å². The van der Waals surface area contributed by atoms with Crippen molar-refractivity contribution in [2.75, 3.05) is 13.1 Å². The first-order chi connectivity index (χ1) is 10.6. The number of carboxylic acids is 1. The minimum atomic E-state index is -0.749. The topological polar surface area (TPSA) is 57.6 Å². The van der Waals surface area contributed by atoms with Crippen molar-refractivity contribution < 1.29 is 14.7 Å². The van der Waals surface area contributed by atoms with Crippen LogP contribution in [0.1, 0.15) is 43.6 Å². The van der Waals surface area contributed by atoms with E-state index in [2.05, 4.69) is 12.1 Å². The van der Waals surface area contributed by atoms with Crippen LogP contribution in [-0.4, -0.2) is 35.0 Å². The quantitative estimate of drug-likeness (QED) is 0.934. The third kappa shape index (κ3) is 3.16. The summed E-state index contributed by atoms with van der Waals surface area (Å²) in [5, 5.41) is 9.17. The van der Waals surface area contributed by atoms with Gasteiger partial charge in [-0.15, -0.1) is 0 Å². The largest absolute Gasteiger partial charge is 0.481 e. The van der Waals surface area contributed by atoms with Gasteiger partial charge in [0.1, 0.15) is 0 Å². The maximum Gasteiger partial charge on any atom is 0.306 e. The monoisotopic (exact) mass is 301 g/mol. The van der Waals surface area contributed by atoms with Crippen molar-refractivity contribution in [2.24, 2.45) is 11.8 Å². The van der Waals surface area contributed by atoms with E-state index >= 15 is 0 Å². The van der Waals surface area contributed by atoms with Crippen LogP contribution in [0.4, 0.5) is 0 Å². The normalized spacial score (nSPS) is 28.5. The van der Waals surface area contributed by atoms with Crippen molar-refractivity contribution in [2.45, 2.75) is 38.0 Å². The Bertz CT molecular complexity index is 543. The lowest BCUT2D eigenvalue weighted by atomic mass is 9.81. The van der Waals surface area contributed by atoms with E-state index < -0.39 is 5.97 Å². The van der Waals surface area contributed by atoms with Crippen LogP contribution in [0.25, 0.3) is 0 Å². The molecule has 1 aromatic carbocycles.